The first-order chi connectivity index (χ1) is 12.0. The molecule has 0 saturated heterocycles. The molecule has 0 radical (unpaired) electrons. The summed E-state index contributed by atoms with van der Waals surface area (Å²) in [6.45, 7) is 0. The van der Waals surface area contributed by atoms with Crippen LogP contribution in [0.3, 0.4) is 0 Å². The molecule has 0 unspecified atom stereocenters. The van der Waals surface area contributed by atoms with Crippen LogP contribution < -0.4 is 0 Å². The van der Waals surface area contributed by atoms with Crippen molar-refractivity contribution in [3.05, 3.63) is 29.8 Å². The van der Waals surface area contributed by atoms with E-state index in [0.29, 0.717) is 4.90 Å². The van der Waals surface area contributed by atoms with Crippen molar-refractivity contribution in [3.63, 3.8) is 0 Å². The lowest BCUT2D eigenvalue weighted by molar-refractivity contribution is 0.135. The summed E-state index contributed by atoms with van der Waals surface area (Å²) in [5, 5.41) is 0. The average molecular weight is 363 g/mol. The van der Waals surface area contributed by atoms with E-state index >= 15 is 0 Å². The number of rotatable bonds is 6. The molecule has 2 aliphatic rings. The van der Waals surface area contributed by atoms with Crippen molar-refractivity contribution in [1.29, 1.82) is 0 Å². The van der Waals surface area contributed by atoms with Gasteiger partial charge < -0.3 is 0 Å². The molecule has 0 amide bonds. The van der Waals surface area contributed by atoms with E-state index in [2.05, 4.69) is 0 Å². The van der Waals surface area contributed by atoms with E-state index in [-0.39, 0.29) is 0 Å². The van der Waals surface area contributed by atoms with Gasteiger partial charge in [-0.1, -0.05) is 76.3 Å². The summed E-state index contributed by atoms with van der Waals surface area (Å²) in [7, 11) is -3.09. The molecule has 0 aliphatic heterocycles. The van der Waals surface area contributed by atoms with Crippen LogP contribution in [-0.2, 0) is 16.3 Å². The summed E-state index contributed by atoms with van der Waals surface area (Å²) in [6, 6.07) is 7.60. The molecule has 3 heteroatoms. The number of hydrogen-bond acceptors (Lipinski definition) is 2. The Bertz CT molecular complexity index is 602. The first kappa shape index (κ1) is 18.9. The lowest BCUT2D eigenvalue weighted by atomic mass is 9.68. The molecule has 2 aliphatic carbocycles. The largest absolute Gasteiger partial charge is 0.224 e. The summed E-state index contributed by atoms with van der Waals surface area (Å²) in [6.07, 6.45) is 18.0. The highest BCUT2D eigenvalue weighted by molar-refractivity contribution is 7.90. The molecule has 0 spiro atoms. The predicted molar refractivity (Wildman–Crippen MR) is 105 cm³/mol. The fourth-order valence-electron chi connectivity index (χ4n) is 5.22. The van der Waals surface area contributed by atoms with E-state index in [1.54, 1.807) is 12.1 Å². The molecule has 1 aromatic rings. The summed E-state index contributed by atoms with van der Waals surface area (Å²) < 4.78 is 23.2. The van der Waals surface area contributed by atoms with Crippen LogP contribution in [0.25, 0.3) is 0 Å². The van der Waals surface area contributed by atoms with Crippen molar-refractivity contribution in [2.75, 3.05) is 6.26 Å². The number of benzene rings is 1. The van der Waals surface area contributed by atoms with E-state index in [1.807, 2.05) is 12.1 Å². The zero-order valence-electron chi connectivity index (χ0n) is 15.8. The van der Waals surface area contributed by atoms with Gasteiger partial charge in [0.15, 0.2) is 9.84 Å². The van der Waals surface area contributed by atoms with Crippen molar-refractivity contribution >= 4 is 9.84 Å². The second kappa shape index (κ2) is 8.70. The van der Waals surface area contributed by atoms with Crippen LogP contribution >= 0.6 is 0 Å². The minimum Gasteiger partial charge on any atom is -0.224 e. The second-order valence-electron chi connectivity index (χ2n) is 8.41. The van der Waals surface area contributed by atoms with Gasteiger partial charge in [-0.2, -0.15) is 0 Å². The van der Waals surface area contributed by atoms with Crippen LogP contribution in [-0.4, -0.2) is 14.7 Å². The lowest BCUT2D eigenvalue weighted by Gasteiger charge is -2.38. The first-order valence-electron chi connectivity index (χ1n) is 10.3. The molecule has 2 nitrogen and oxygen atoms in total. The number of sulfone groups is 1. The maximum atomic E-state index is 11.6. The van der Waals surface area contributed by atoms with Crippen LogP contribution in [0.5, 0.6) is 0 Å². The molecule has 0 heterocycles. The third-order valence-corrected chi connectivity index (χ3v) is 7.76. The number of aryl methyl sites for hydroxylation is 1. The van der Waals surface area contributed by atoms with Gasteiger partial charge in [-0.3, -0.25) is 0 Å². The van der Waals surface area contributed by atoms with E-state index in [9.17, 15) is 8.42 Å². The summed E-state index contributed by atoms with van der Waals surface area (Å²) in [5.74, 6) is 2.76. The predicted octanol–water partition coefficient (Wildman–Crippen LogP) is 5.80. The van der Waals surface area contributed by atoms with Gasteiger partial charge in [0.25, 0.3) is 0 Å². The summed E-state index contributed by atoms with van der Waals surface area (Å²) in [5.41, 5.74) is 1.30. The molecule has 3 rings (SSSR count). The van der Waals surface area contributed by atoms with Gasteiger partial charge in [-0.05, 0) is 48.3 Å². The highest BCUT2D eigenvalue weighted by Crippen LogP contribution is 2.42. The average Bonchev–Trinajstić information content (AvgIpc) is 2.63. The van der Waals surface area contributed by atoms with Gasteiger partial charge in [0.2, 0.25) is 0 Å². The molecule has 2 fully saturated rings. The van der Waals surface area contributed by atoms with Crippen molar-refractivity contribution in [2.45, 2.75) is 81.9 Å². The van der Waals surface area contributed by atoms with Gasteiger partial charge in [0, 0.05) is 6.26 Å². The quantitative estimate of drug-likeness (QED) is 0.641. The van der Waals surface area contributed by atoms with Crippen molar-refractivity contribution in [3.8, 4) is 0 Å². The Morgan fingerprint density at radius 1 is 0.840 bits per heavy atom. The molecule has 140 valence electrons. The van der Waals surface area contributed by atoms with E-state index < -0.39 is 9.84 Å². The molecule has 0 N–H and O–H groups in total. The fourth-order valence-corrected chi connectivity index (χ4v) is 5.85. The van der Waals surface area contributed by atoms with Gasteiger partial charge in [-0.25, -0.2) is 8.42 Å². The van der Waals surface area contributed by atoms with Crippen LogP contribution in [0, 0.1) is 17.8 Å². The zero-order valence-corrected chi connectivity index (χ0v) is 16.6. The normalized spacial score (nSPS) is 20.9. The van der Waals surface area contributed by atoms with Gasteiger partial charge in [0.05, 0.1) is 4.90 Å². The smallest absolute Gasteiger partial charge is 0.175 e. The van der Waals surface area contributed by atoms with E-state index in [4.69, 9.17) is 0 Å². The van der Waals surface area contributed by atoms with Crippen molar-refractivity contribution in [2.24, 2.45) is 17.8 Å². The van der Waals surface area contributed by atoms with Crippen LogP contribution in [0.15, 0.2) is 29.2 Å². The Morgan fingerprint density at radius 3 is 1.76 bits per heavy atom. The maximum absolute atomic E-state index is 11.6. The highest BCUT2D eigenvalue weighted by Gasteiger charge is 2.31. The van der Waals surface area contributed by atoms with E-state index in [1.165, 1.54) is 82.4 Å². The Labute approximate surface area is 154 Å². The molecule has 0 aromatic heterocycles. The zero-order chi connectivity index (χ0) is 17.7. The first-order valence-corrected chi connectivity index (χ1v) is 12.2. The lowest BCUT2D eigenvalue weighted by Crippen LogP contribution is -2.27. The second-order valence-corrected chi connectivity index (χ2v) is 10.4. The van der Waals surface area contributed by atoms with Crippen molar-refractivity contribution < 1.29 is 8.42 Å². The van der Waals surface area contributed by atoms with Crippen molar-refractivity contribution in [1.82, 2.24) is 0 Å². The SMILES string of the molecule is CS(=O)(=O)c1ccc(CCC(C2CCCCC2)C2CCCCC2)cc1. The van der Waals surface area contributed by atoms with Gasteiger partial charge in [0.1, 0.15) is 0 Å². The van der Waals surface area contributed by atoms with E-state index in [0.717, 1.165) is 24.2 Å². The Kier molecular flexibility index (Phi) is 6.60. The molecule has 25 heavy (non-hydrogen) atoms. The summed E-state index contributed by atoms with van der Waals surface area (Å²) in [4.78, 5) is 0.437. The highest BCUT2D eigenvalue weighted by atomic mass is 32.2. The topological polar surface area (TPSA) is 34.1 Å². The Hall–Kier alpha value is -0.830. The third kappa shape index (κ3) is 5.32. The maximum Gasteiger partial charge on any atom is 0.175 e. The molecule has 0 bridgehead atoms. The van der Waals surface area contributed by atoms with Gasteiger partial charge >= 0.3 is 0 Å². The fraction of sp³-hybridized carbons (Fsp3) is 0.727. The minimum atomic E-state index is -3.09. The Morgan fingerprint density at radius 2 is 1.32 bits per heavy atom. The van der Waals surface area contributed by atoms with Crippen LogP contribution in [0.2, 0.25) is 0 Å². The minimum absolute atomic E-state index is 0.437. The third-order valence-electron chi connectivity index (χ3n) is 6.63. The monoisotopic (exact) mass is 362 g/mol. The summed E-state index contributed by atoms with van der Waals surface area (Å²) >= 11 is 0. The van der Waals surface area contributed by atoms with Crippen LogP contribution in [0.1, 0.15) is 76.2 Å². The van der Waals surface area contributed by atoms with Crippen LogP contribution in [0.4, 0.5) is 0 Å². The molecular weight excluding hydrogens is 328 g/mol. The Balaban J connectivity index is 1.65. The molecule has 0 atom stereocenters. The molecule has 1 aromatic carbocycles. The van der Waals surface area contributed by atoms with Gasteiger partial charge in [-0.15, -0.1) is 0 Å². The molecular formula is C22H34O2S. The standard InChI is InChI=1S/C22H34O2S/c1-25(23,24)21-15-12-18(13-16-21)14-17-22(19-8-4-2-5-9-19)20-10-6-3-7-11-20/h12-13,15-16,19-20,22H,2-11,14,17H2,1H3. The molecule has 2 saturated carbocycles. The number of hydrogen-bond donors (Lipinski definition) is 0.